The zero-order chi connectivity index (χ0) is 17.6. The number of thioether (sulfide) groups is 1. The zero-order valence-electron chi connectivity index (χ0n) is 13.9. The highest BCUT2D eigenvalue weighted by Crippen LogP contribution is 2.26. The smallest absolute Gasteiger partial charge is 0.255 e. The number of amides is 1. The Balaban J connectivity index is 1.69. The van der Waals surface area contributed by atoms with Crippen LogP contribution in [0.3, 0.4) is 0 Å². The van der Waals surface area contributed by atoms with Gasteiger partial charge < -0.3 is 9.64 Å². The molecule has 0 aliphatic carbocycles. The lowest BCUT2D eigenvalue weighted by atomic mass is 10.2. The first-order chi connectivity index (χ1) is 12.2. The maximum absolute atomic E-state index is 12.8. The Labute approximate surface area is 150 Å². The summed E-state index contributed by atoms with van der Waals surface area (Å²) in [6.07, 6.45) is 3.47. The normalized spacial score (nSPS) is 16.5. The summed E-state index contributed by atoms with van der Waals surface area (Å²) in [6, 6.07) is 9.64. The van der Waals surface area contributed by atoms with Gasteiger partial charge in [-0.1, -0.05) is 19.1 Å². The van der Waals surface area contributed by atoms with Gasteiger partial charge in [0.2, 0.25) is 5.69 Å². The third-order valence-electron chi connectivity index (χ3n) is 3.90. The van der Waals surface area contributed by atoms with Gasteiger partial charge in [0.15, 0.2) is 0 Å². The third kappa shape index (κ3) is 3.91. The topological polar surface area (TPSA) is 79.1 Å². The molecule has 1 aromatic carbocycles. The van der Waals surface area contributed by atoms with Gasteiger partial charge in [0.05, 0.1) is 12.1 Å². The minimum atomic E-state index is -0.182. The van der Waals surface area contributed by atoms with Crippen molar-refractivity contribution in [1.29, 1.82) is 5.26 Å². The second-order valence-electron chi connectivity index (χ2n) is 5.53. The number of nitrogens with zero attached hydrogens (tertiary/aromatic N) is 4. The minimum Gasteiger partial charge on any atom is -0.470 e. The molecule has 1 amide bonds. The molecule has 0 N–H and O–H groups in total. The fourth-order valence-electron chi connectivity index (χ4n) is 2.75. The van der Waals surface area contributed by atoms with Gasteiger partial charge in [-0.25, -0.2) is 9.97 Å². The van der Waals surface area contributed by atoms with E-state index in [0.717, 1.165) is 16.2 Å². The molecular formula is C18H18N4O2S. The highest BCUT2D eigenvalue weighted by molar-refractivity contribution is 7.99. The maximum atomic E-state index is 12.8. The van der Waals surface area contributed by atoms with Crippen molar-refractivity contribution in [2.75, 3.05) is 18.8 Å². The molecule has 3 rings (SSSR count). The van der Waals surface area contributed by atoms with Gasteiger partial charge >= 0.3 is 0 Å². The van der Waals surface area contributed by atoms with Crippen LogP contribution in [0, 0.1) is 11.3 Å². The summed E-state index contributed by atoms with van der Waals surface area (Å²) in [5, 5.41) is 9.06. The number of hydrogen-bond acceptors (Lipinski definition) is 6. The highest BCUT2D eigenvalue weighted by Gasteiger charge is 2.30. The zero-order valence-corrected chi connectivity index (χ0v) is 14.7. The monoisotopic (exact) mass is 354 g/mol. The van der Waals surface area contributed by atoms with E-state index >= 15 is 0 Å². The summed E-state index contributed by atoms with van der Waals surface area (Å²) < 4.78 is 5.80. The molecule has 1 aromatic heterocycles. The van der Waals surface area contributed by atoms with Crippen LogP contribution < -0.4 is 4.74 Å². The van der Waals surface area contributed by atoms with E-state index in [-0.39, 0.29) is 23.6 Å². The summed E-state index contributed by atoms with van der Waals surface area (Å²) >= 11 is 1.66. The number of aromatic nitrogens is 2. The van der Waals surface area contributed by atoms with Crippen molar-refractivity contribution in [3.05, 3.63) is 47.9 Å². The van der Waals surface area contributed by atoms with Crippen molar-refractivity contribution in [2.24, 2.45) is 0 Å². The van der Waals surface area contributed by atoms with Crippen LogP contribution in [0.4, 0.5) is 0 Å². The molecule has 1 saturated heterocycles. The van der Waals surface area contributed by atoms with E-state index in [1.807, 2.05) is 30.3 Å². The lowest BCUT2D eigenvalue weighted by Gasteiger charge is -2.18. The summed E-state index contributed by atoms with van der Waals surface area (Å²) in [5.41, 5.74) is 0.893. The van der Waals surface area contributed by atoms with Crippen LogP contribution in [0.1, 0.15) is 29.4 Å². The molecule has 25 heavy (non-hydrogen) atoms. The molecular weight excluding hydrogens is 336 g/mol. The van der Waals surface area contributed by atoms with Gasteiger partial charge in [-0.3, -0.25) is 4.79 Å². The average Bonchev–Trinajstić information content (AvgIpc) is 3.11. The predicted octanol–water partition coefficient (Wildman–Crippen LogP) is 2.75. The molecule has 0 spiro atoms. The Morgan fingerprint density at radius 3 is 3.00 bits per heavy atom. The average molecular weight is 354 g/mol. The van der Waals surface area contributed by atoms with Crippen molar-refractivity contribution in [3.8, 4) is 11.9 Å². The Hall–Kier alpha value is -2.59. The molecule has 1 aliphatic heterocycles. The van der Waals surface area contributed by atoms with E-state index in [9.17, 15) is 4.79 Å². The van der Waals surface area contributed by atoms with Crippen LogP contribution in [0.5, 0.6) is 5.88 Å². The van der Waals surface area contributed by atoms with Crippen LogP contribution in [0.2, 0.25) is 0 Å². The Morgan fingerprint density at radius 2 is 2.20 bits per heavy atom. The number of carbonyl (C=O) groups excluding carboxylic acids is 1. The molecule has 2 aromatic rings. The van der Waals surface area contributed by atoms with E-state index in [4.69, 9.17) is 10.00 Å². The maximum Gasteiger partial charge on any atom is 0.255 e. The lowest BCUT2D eigenvalue weighted by molar-refractivity contribution is 0.0767. The standard InChI is InChI=1S/C18H18N4O2S/c1-2-25-16-6-4-3-5-14(16)18(23)22-10-7-13(12-22)24-17-15(11-19)20-8-9-21-17/h3-6,8-9,13H,2,7,10,12H2,1H3. The van der Waals surface area contributed by atoms with E-state index < -0.39 is 0 Å². The van der Waals surface area contributed by atoms with Crippen molar-refractivity contribution >= 4 is 17.7 Å². The molecule has 128 valence electrons. The number of carbonyl (C=O) groups is 1. The van der Waals surface area contributed by atoms with Crippen molar-refractivity contribution in [1.82, 2.24) is 14.9 Å². The molecule has 2 heterocycles. The second-order valence-corrected chi connectivity index (χ2v) is 6.84. The van der Waals surface area contributed by atoms with Gasteiger partial charge in [-0.05, 0) is 17.9 Å². The number of ether oxygens (including phenoxy) is 1. The van der Waals surface area contributed by atoms with Crippen LogP contribution in [-0.4, -0.2) is 45.7 Å². The van der Waals surface area contributed by atoms with Crippen molar-refractivity contribution in [2.45, 2.75) is 24.3 Å². The van der Waals surface area contributed by atoms with Gasteiger partial charge in [0.1, 0.15) is 12.2 Å². The third-order valence-corrected chi connectivity index (χ3v) is 4.85. The highest BCUT2D eigenvalue weighted by atomic mass is 32.2. The summed E-state index contributed by atoms with van der Waals surface area (Å²) in [4.78, 5) is 23.6. The first-order valence-corrected chi connectivity index (χ1v) is 9.10. The first kappa shape index (κ1) is 17.2. The minimum absolute atomic E-state index is 0.0160. The van der Waals surface area contributed by atoms with Crippen LogP contribution in [0.15, 0.2) is 41.6 Å². The summed E-state index contributed by atoms with van der Waals surface area (Å²) in [7, 11) is 0. The number of hydrogen-bond donors (Lipinski definition) is 0. The molecule has 0 bridgehead atoms. The molecule has 0 saturated carbocycles. The first-order valence-electron chi connectivity index (χ1n) is 8.11. The van der Waals surface area contributed by atoms with Gasteiger partial charge in [0.25, 0.3) is 11.8 Å². The summed E-state index contributed by atoms with van der Waals surface area (Å²) in [6.45, 7) is 3.17. The number of benzene rings is 1. The SMILES string of the molecule is CCSc1ccccc1C(=O)N1CCC(Oc2nccnc2C#N)C1. The predicted molar refractivity (Wildman–Crippen MR) is 94.5 cm³/mol. The molecule has 1 atom stereocenters. The van der Waals surface area contributed by atoms with Gasteiger partial charge in [0, 0.05) is 30.3 Å². The van der Waals surface area contributed by atoms with E-state index in [2.05, 4.69) is 16.9 Å². The van der Waals surface area contributed by atoms with Gasteiger partial charge in [-0.15, -0.1) is 11.8 Å². The van der Waals surface area contributed by atoms with E-state index in [1.165, 1.54) is 12.4 Å². The molecule has 7 heteroatoms. The fraction of sp³-hybridized carbons (Fsp3) is 0.333. The number of rotatable bonds is 5. The van der Waals surface area contributed by atoms with E-state index in [0.29, 0.717) is 19.5 Å². The Kier molecular flexibility index (Phi) is 5.51. The largest absolute Gasteiger partial charge is 0.470 e. The molecule has 0 radical (unpaired) electrons. The summed E-state index contributed by atoms with van der Waals surface area (Å²) in [5.74, 6) is 1.16. The Morgan fingerprint density at radius 1 is 1.40 bits per heavy atom. The van der Waals surface area contributed by atoms with E-state index in [1.54, 1.807) is 16.7 Å². The quantitative estimate of drug-likeness (QED) is 0.768. The molecule has 6 nitrogen and oxygen atoms in total. The van der Waals surface area contributed by atoms with Crippen molar-refractivity contribution < 1.29 is 9.53 Å². The number of nitriles is 1. The molecule has 1 fully saturated rings. The molecule has 1 aliphatic rings. The van der Waals surface area contributed by atoms with Crippen LogP contribution in [-0.2, 0) is 0 Å². The van der Waals surface area contributed by atoms with Crippen molar-refractivity contribution in [3.63, 3.8) is 0 Å². The van der Waals surface area contributed by atoms with Crippen LogP contribution in [0.25, 0.3) is 0 Å². The fourth-order valence-corrected chi connectivity index (χ4v) is 3.55. The van der Waals surface area contributed by atoms with Gasteiger partial charge in [-0.2, -0.15) is 5.26 Å². The molecule has 1 unspecified atom stereocenters. The lowest BCUT2D eigenvalue weighted by Crippen LogP contribution is -2.31. The second kappa shape index (κ2) is 7.99. The van der Waals surface area contributed by atoms with Crippen LogP contribution >= 0.6 is 11.8 Å². The Bertz CT molecular complexity index is 806. The number of likely N-dealkylation sites (tertiary alicyclic amines) is 1.